The zero-order valence-electron chi connectivity index (χ0n) is 14.1. The second-order valence-electron chi connectivity index (χ2n) is 6.41. The van der Waals surface area contributed by atoms with E-state index in [2.05, 4.69) is 15.9 Å². The van der Waals surface area contributed by atoms with Crippen LogP contribution in [0.4, 0.5) is 0 Å². The molecule has 0 radical (unpaired) electrons. The van der Waals surface area contributed by atoms with Crippen molar-refractivity contribution in [3.8, 4) is 11.5 Å². The van der Waals surface area contributed by atoms with Crippen molar-refractivity contribution in [2.45, 2.75) is 40.2 Å². The van der Waals surface area contributed by atoms with E-state index in [4.69, 9.17) is 9.47 Å². The third kappa shape index (κ3) is 3.05. The van der Waals surface area contributed by atoms with Gasteiger partial charge in [0.1, 0.15) is 22.0 Å². The summed E-state index contributed by atoms with van der Waals surface area (Å²) >= 11 is 3.44. The largest absolute Gasteiger partial charge is 0.495 e. The standard InChI is InChI=1S/C18H19BrO5S/c1-18(2)17(19)16(20)12-10-11(8-9-13(12)24-18)25(21,22)15-7-5-4-6-14(15)23-3/h4-10,16-17,20H,1-3H3/t16-,17+/m0/s1. The summed E-state index contributed by atoms with van der Waals surface area (Å²) in [6.45, 7) is 3.72. The van der Waals surface area contributed by atoms with Crippen LogP contribution in [-0.4, -0.2) is 31.1 Å². The van der Waals surface area contributed by atoms with Gasteiger partial charge < -0.3 is 14.6 Å². The summed E-state index contributed by atoms with van der Waals surface area (Å²) in [5.41, 5.74) is -0.174. The number of rotatable bonds is 3. The van der Waals surface area contributed by atoms with Gasteiger partial charge in [-0.2, -0.15) is 0 Å². The molecule has 0 amide bonds. The van der Waals surface area contributed by atoms with Gasteiger partial charge in [0, 0.05) is 5.56 Å². The summed E-state index contributed by atoms with van der Waals surface area (Å²) in [6, 6.07) is 11.0. The van der Waals surface area contributed by atoms with E-state index in [0.29, 0.717) is 11.3 Å². The molecule has 0 saturated heterocycles. The highest BCUT2D eigenvalue weighted by molar-refractivity contribution is 9.09. The van der Waals surface area contributed by atoms with Gasteiger partial charge in [-0.1, -0.05) is 28.1 Å². The van der Waals surface area contributed by atoms with Gasteiger partial charge in [-0.25, -0.2) is 8.42 Å². The van der Waals surface area contributed by atoms with E-state index < -0.39 is 21.5 Å². The number of aliphatic hydroxyl groups excluding tert-OH is 1. The third-order valence-corrected chi connectivity index (χ3v) is 7.68. The maximum Gasteiger partial charge on any atom is 0.210 e. The molecule has 1 heterocycles. The number of halogens is 1. The summed E-state index contributed by atoms with van der Waals surface area (Å²) in [4.78, 5) is -0.200. The fraction of sp³-hybridized carbons (Fsp3) is 0.333. The van der Waals surface area contributed by atoms with Gasteiger partial charge in [0.05, 0.1) is 22.9 Å². The van der Waals surface area contributed by atoms with Gasteiger partial charge >= 0.3 is 0 Å². The van der Waals surface area contributed by atoms with Gasteiger partial charge in [0.2, 0.25) is 9.84 Å². The lowest BCUT2D eigenvalue weighted by Crippen LogP contribution is -2.45. The Morgan fingerprint density at radius 2 is 1.88 bits per heavy atom. The molecule has 1 aliphatic heterocycles. The molecule has 2 aromatic rings. The van der Waals surface area contributed by atoms with Crippen LogP contribution in [0.2, 0.25) is 0 Å². The molecular formula is C18H19BrO5S. The van der Waals surface area contributed by atoms with Crippen LogP contribution in [0.3, 0.4) is 0 Å². The van der Waals surface area contributed by atoms with E-state index in [1.807, 2.05) is 13.8 Å². The molecule has 0 bridgehead atoms. The van der Waals surface area contributed by atoms with Gasteiger partial charge in [-0.15, -0.1) is 0 Å². The van der Waals surface area contributed by atoms with Crippen LogP contribution in [0.15, 0.2) is 52.3 Å². The van der Waals surface area contributed by atoms with Crippen molar-refractivity contribution >= 4 is 25.8 Å². The van der Waals surface area contributed by atoms with Crippen molar-refractivity contribution in [3.05, 3.63) is 48.0 Å². The molecule has 0 saturated carbocycles. The van der Waals surface area contributed by atoms with Crippen LogP contribution in [0, 0.1) is 0 Å². The third-order valence-electron chi connectivity index (χ3n) is 4.28. The molecule has 1 aliphatic rings. The average Bonchev–Trinajstić information content (AvgIpc) is 2.59. The Morgan fingerprint density at radius 3 is 2.56 bits per heavy atom. The first-order valence-electron chi connectivity index (χ1n) is 7.71. The van der Waals surface area contributed by atoms with Crippen LogP contribution in [0.1, 0.15) is 25.5 Å². The number of methoxy groups -OCH3 is 1. The van der Waals surface area contributed by atoms with Gasteiger partial charge in [0.15, 0.2) is 0 Å². The number of hydrogen-bond donors (Lipinski definition) is 1. The molecule has 0 fully saturated rings. The fourth-order valence-electron chi connectivity index (χ4n) is 2.86. The van der Waals surface area contributed by atoms with Crippen molar-refractivity contribution in [2.75, 3.05) is 7.11 Å². The van der Waals surface area contributed by atoms with E-state index in [0.717, 1.165) is 0 Å². The molecular weight excluding hydrogens is 408 g/mol. The van der Waals surface area contributed by atoms with Crippen molar-refractivity contribution < 1.29 is 23.0 Å². The highest BCUT2D eigenvalue weighted by Gasteiger charge is 2.42. The first-order chi connectivity index (χ1) is 11.7. The lowest BCUT2D eigenvalue weighted by Gasteiger charge is -2.40. The summed E-state index contributed by atoms with van der Waals surface area (Å²) in [5, 5.41) is 10.6. The number of hydrogen-bond acceptors (Lipinski definition) is 5. The summed E-state index contributed by atoms with van der Waals surface area (Å²) in [5.74, 6) is 0.753. The van der Waals surface area contributed by atoms with Crippen LogP contribution in [-0.2, 0) is 9.84 Å². The number of ether oxygens (including phenoxy) is 2. The highest BCUT2D eigenvalue weighted by Crippen LogP contribution is 2.44. The van der Waals surface area contributed by atoms with Gasteiger partial charge in [0.25, 0.3) is 0 Å². The minimum atomic E-state index is -3.79. The molecule has 1 N–H and O–H groups in total. The number of sulfone groups is 1. The van der Waals surface area contributed by atoms with Crippen LogP contribution in [0.5, 0.6) is 11.5 Å². The topological polar surface area (TPSA) is 72.8 Å². The van der Waals surface area contributed by atoms with Gasteiger partial charge in [-0.05, 0) is 44.2 Å². The lowest BCUT2D eigenvalue weighted by atomic mass is 9.91. The van der Waals surface area contributed by atoms with Gasteiger partial charge in [-0.3, -0.25) is 0 Å². The van der Waals surface area contributed by atoms with E-state index >= 15 is 0 Å². The lowest BCUT2D eigenvalue weighted by molar-refractivity contribution is 0.0223. The molecule has 0 aromatic heterocycles. The molecule has 25 heavy (non-hydrogen) atoms. The minimum Gasteiger partial charge on any atom is -0.495 e. The Balaban J connectivity index is 2.12. The highest BCUT2D eigenvalue weighted by atomic mass is 79.9. The molecule has 7 heteroatoms. The smallest absolute Gasteiger partial charge is 0.210 e. The molecule has 3 rings (SSSR count). The predicted octanol–water partition coefficient (Wildman–Crippen LogP) is 3.50. The van der Waals surface area contributed by atoms with Crippen LogP contribution < -0.4 is 9.47 Å². The first kappa shape index (κ1) is 18.2. The van der Waals surface area contributed by atoms with E-state index in [1.54, 1.807) is 24.3 Å². The molecule has 0 aliphatic carbocycles. The number of para-hydroxylation sites is 1. The zero-order chi connectivity index (χ0) is 18.4. The monoisotopic (exact) mass is 426 g/mol. The summed E-state index contributed by atoms with van der Waals surface area (Å²) < 4.78 is 37.1. The molecule has 134 valence electrons. The van der Waals surface area contributed by atoms with Crippen molar-refractivity contribution in [2.24, 2.45) is 0 Å². The Bertz CT molecular complexity index is 907. The fourth-order valence-corrected chi connectivity index (χ4v) is 4.70. The van der Waals surface area contributed by atoms with Crippen molar-refractivity contribution in [1.29, 1.82) is 0 Å². The van der Waals surface area contributed by atoms with Crippen molar-refractivity contribution in [3.63, 3.8) is 0 Å². The van der Waals surface area contributed by atoms with E-state index in [9.17, 15) is 13.5 Å². The molecule has 5 nitrogen and oxygen atoms in total. The number of aliphatic hydroxyl groups is 1. The average molecular weight is 427 g/mol. The van der Waals surface area contributed by atoms with Crippen molar-refractivity contribution in [1.82, 2.24) is 0 Å². The Kier molecular flexibility index (Phi) is 4.59. The Hall–Kier alpha value is -1.57. The normalized spacial score (nSPS) is 22.0. The second-order valence-corrected chi connectivity index (χ2v) is 9.31. The summed E-state index contributed by atoms with van der Waals surface area (Å²) in [7, 11) is -2.36. The van der Waals surface area contributed by atoms with Crippen LogP contribution >= 0.6 is 15.9 Å². The SMILES string of the molecule is COc1ccccc1S(=O)(=O)c1ccc2c(c1)[C@H](O)[C@@H](Br)C(C)(C)O2. The number of benzene rings is 2. The Labute approximate surface area is 155 Å². The molecule has 0 unspecified atom stereocenters. The van der Waals surface area contributed by atoms with E-state index in [-0.39, 0.29) is 20.4 Å². The molecule has 2 aromatic carbocycles. The first-order valence-corrected chi connectivity index (χ1v) is 10.1. The zero-order valence-corrected chi connectivity index (χ0v) is 16.5. The van der Waals surface area contributed by atoms with Crippen LogP contribution in [0.25, 0.3) is 0 Å². The summed E-state index contributed by atoms with van der Waals surface area (Å²) in [6.07, 6.45) is -0.883. The second kappa shape index (κ2) is 6.30. The predicted molar refractivity (Wildman–Crippen MR) is 97.3 cm³/mol. The Morgan fingerprint density at radius 1 is 1.20 bits per heavy atom. The number of alkyl halides is 1. The number of fused-ring (bicyclic) bond motifs is 1. The molecule has 2 atom stereocenters. The minimum absolute atomic E-state index is 0.0813. The molecule has 0 spiro atoms. The maximum atomic E-state index is 13.0. The quantitative estimate of drug-likeness (QED) is 0.760. The van der Waals surface area contributed by atoms with E-state index in [1.165, 1.54) is 25.3 Å². The maximum absolute atomic E-state index is 13.0.